The summed E-state index contributed by atoms with van der Waals surface area (Å²) in [5.74, 6) is -0.334. The molecule has 0 fully saturated rings. The minimum atomic E-state index is -0.334. The molecular weight excluding hydrogens is 198 g/mol. The minimum Gasteiger partial charge on any atom is -0.462 e. The third-order valence-electron chi connectivity index (χ3n) is 1.90. The lowest BCUT2D eigenvalue weighted by atomic mass is 10.1. The first-order chi connectivity index (χ1) is 6.61. The minimum absolute atomic E-state index is 0.334. The molecule has 0 atom stereocenters. The summed E-state index contributed by atoms with van der Waals surface area (Å²) >= 11 is 1.32. The molecule has 1 heterocycles. The van der Waals surface area contributed by atoms with Crippen LogP contribution in [-0.4, -0.2) is 12.6 Å². The van der Waals surface area contributed by atoms with E-state index in [4.69, 9.17) is 10.00 Å². The molecule has 1 aromatic heterocycles. The van der Waals surface area contributed by atoms with E-state index < -0.39 is 0 Å². The van der Waals surface area contributed by atoms with Gasteiger partial charge in [0.1, 0.15) is 10.9 Å². The maximum absolute atomic E-state index is 11.4. The Morgan fingerprint density at radius 3 is 2.64 bits per heavy atom. The normalized spacial score (nSPS) is 9.57. The van der Waals surface area contributed by atoms with Crippen molar-refractivity contribution < 1.29 is 9.53 Å². The largest absolute Gasteiger partial charge is 0.462 e. The first-order valence-electron chi connectivity index (χ1n) is 4.29. The topological polar surface area (TPSA) is 50.1 Å². The Kier molecular flexibility index (Phi) is 3.26. The number of nitriles is 1. The molecule has 0 saturated heterocycles. The van der Waals surface area contributed by atoms with Gasteiger partial charge in [0.15, 0.2) is 0 Å². The SMILES string of the molecule is CCOC(=O)c1sc(C)c(C#N)c1C. The van der Waals surface area contributed by atoms with Gasteiger partial charge in [-0.15, -0.1) is 11.3 Å². The lowest BCUT2D eigenvalue weighted by Crippen LogP contribution is -2.03. The lowest BCUT2D eigenvalue weighted by molar-refractivity contribution is 0.0531. The van der Waals surface area contributed by atoms with Gasteiger partial charge >= 0.3 is 5.97 Å². The summed E-state index contributed by atoms with van der Waals surface area (Å²) in [5.41, 5.74) is 1.33. The number of ether oxygens (including phenoxy) is 1. The van der Waals surface area contributed by atoms with Gasteiger partial charge in [0, 0.05) is 4.88 Å². The Labute approximate surface area is 86.9 Å². The van der Waals surface area contributed by atoms with Gasteiger partial charge in [0.25, 0.3) is 0 Å². The van der Waals surface area contributed by atoms with Gasteiger partial charge in [-0.05, 0) is 26.3 Å². The summed E-state index contributed by atoms with van der Waals surface area (Å²) in [6, 6.07) is 2.08. The molecule has 0 N–H and O–H groups in total. The number of esters is 1. The van der Waals surface area contributed by atoms with E-state index >= 15 is 0 Å². The summed E-state index contributed by atoms with van der Waals surface area (Å²) < 4.78 is 4.88. The Bertz CT molecular complexity index is 401. The summed E-state index contributed by atoms with van der Waals surface area (Å²) in [5, 5.41) is 8.83. The van der Waals surface area contributed by atoms with Gasteiger partial charge in [0.05, 0.1) is 12.2 Å². The van der Waals surface area contributed by atoms with Gasteiger partial charge in [-0.3, -0.25) is 0 Å². The summed E-state index contributed by atoms with van der Waals surface area (Å²) in [6.07, 6.45) is 0. The van der Waals surface area contributed by atoms with Gasteiger partial charge in [0.2, 0.25) is 0 Å². The highest BCUT2D eigenvalue weighted by Crippen LogP contribution is 2.27. The molecule has 1 aromatic rings. The van der Waals surface area contributed by atoms with E-state index in [0.29, 0.717) is 17.0 Å². The average molecular weight is 209 g/mol. The molecule has 0 aliphatic rings. The van der Waals surface area contributed by atoms with Crippen LogP contribution in [0.3, 0.4) is 0 Å². The number of nitrogens with zero attached hydrogens (tertiary/aromatic N) is 1. The highest BCUT2D eigenvalue weighted by Gasteiger charge is 2.18. The van der Waals surface area contributed by atoms with Crippen LogP contribution in [0.4, 0.5) is 0 Å². The Morgan fingerprint density at radius 2 is 2.21 bits per heavy atom. The summed E-state index contributed by atoms with van der Waals surface area (Å²) in [4.78, 5) is 12.8. The predicted octanol–water partition coefficient (Wildman–Crippen LogP) is 2.41. The molecule has 0 aliphatic carbocycles. The molecule has 0 aromatic carbocycles. The monoisotopic (exact) mass is 209 g/mol. The molecule has 0 spiro atoms. The van der Waals surface area contributed by atoms with Crippen molar-refractivity contribution in [3.05, 3.63) is 20.9 Å². The fourth-order valence-electron chi connectivity index (χ4n) is 1.21. The van der Waals surface area contributed by atoms with Crippen LogP contribution in [0.25, 0.3) is 0 Å². The second kappa shape index (κ2) is 4.25. The van der Waals surface area contributed by atoms with E-state index in [1.165, 1.54) is 11.3 Å². The second-order valence-electron chi connectivity index (χ2n) is 2.82. The van der Waals surface area contributed by atoms with Gasteiger partial charge < -0.3 is 4.74 Å². The third-order valence-corrected chi connectivity index (χ3v) is 3.08. The maximum Gasteiger partial charge on any atom is 0.348 e. The van der Waals surface area contributed by atoms with Gasteiger partial charge in [-0.25, -0.2) is 4.79 Å². The molecule has 14 heavy (non-hydrogen) atoms. The van der Waals surface area contributed by atoms with Crippen molar-refractivity contribution in [2.45, 2.75) is 20.8 Å². The summed E-state index contributed by atoms with van der Waals surface area (Å²) in [7, 11) is 0. The van der Waals surface area contributed by atoms with E-state index in [-0.39, 0.29) is 5.97 Å². The molecule has 0 aliphatic heterocycles. The zero-order valence-corrected chi connectivity index (χ0v) is 9.20. The number of hydrogen-bond donors (Lipinski definition) is 0. The van der Waals surface area contributed by atoms with Crippen molar-refractivity contribution in [1.82, 2.24) is 0 Å². The number of carbonyl (C=O) groups excluding carboxylic acids is 1. The fourth-order valence-corrected chi connectivity index (χ4v) is 2.22. The van der Waals surface area contributed by atoms with Crippen molar-refractivity contribution in [3.8, 4) is 6.07 Å². The van der Waals surface area contributed by atoms with Gasteiger partial charge in [-0.1, -0.05) is 0 Å². The molecule has 0 bridgehead atoms. The van der Waals surface area contributed by atoms with Crippen LogP contribution in [0.1, 0.15) is 32.6 Å². The van der Waals surface area contributed by atoms with E-state index in [2.05, 4.69) is 6.07 Å². The number of thiophene rings is 1. The molecular formula is C10H11NO2S. The lowest BCUT2D eigenvalue weighted by Gasteiger charge is -1.98. The van der Waals surface area contributed by atoms with Crippen molar-refractivity contribution >= 4 is 17.3 Å². The molecule has 0 amide bonds. The average Bonchev–Trinajstić information content (AvgIpc) is 2.42. The number of aryl methyl sites for hydroxylation is 1. The third kappa shape index (κ3) is 1.78. The number of rotatable bonds is 2. The molecule has 0 saturated carbocycles. The van der Waals surface area contributed by atoms with Crippen molar-refractivity contribution in [1.29, 1.82) is 5.26 Å². The zero-order valence-electron chi connectivity index (χ0n) is 8.38. The quantitative estimate of drug-likeness (QED) is 0.703. The van der Waals surface area contributed by atoms with Crippen LogP contribution in [0.2, 0.25) is 0 Å². The first-order valence-corrected chi connectivity index (χ1v) is 5.10. The number of hydrogen-bond acceptors (Lipinski definition) is 4. The highest BCUT2D eigenvalue weighted by molar-refractivity contribution is 7.14. The van der Waals surface area contributed by atoms with E-state index in [1.807, 2.05) is 6.92 Å². The van der Waals surface area contributed by atoms with Crippen LogP contribution < -0.4 is 0 Å². The fraction of sp³-hybridized carbons (Fsp3) is 0.400. The van der Waals surface area contributed by atoms with E-state index in [9.17, 15) is 4.79 Å². The van der Waals surface area contributed by atoms with E-state index in [1.54, 1.807) is 13.8 Å². The Morgan fingerprint density at radius 1 is 1.57 bits per heavy atom. The maximum atomic E-state index is 11.4. The highest BCUT2D eigenvalue weighted by atomic mass is 32.1. The molecule has 0 radical (unpaired) electrons. The van der Waals surface area contributed by atoms with Crippen LogP contribution in [0, 0.1) is 25.2 Å². The standard InChI is InChI=1S/C10H11NO2S/c1-4-13-10(12)9-6(2)8(5-11)7(3)14-9/h4H2,1-3H3. The molecule has 3 nitrogen and oxygen atoms in total. The molecule has 74 valence electrons. The van der Waals surface area contributed by atoms with Crippen LogP contribution in [-0.2, 0) is 4.74 Å². The van der Waals surface area contributed by atoms with E-state index in [0.717, 1.165) is 10.4 Å². The Balaban J connectivity index is 3.13. The molecule has 1 rings (SSSR count). The Hall–Kier alpha value is -1.34. The van der Waals surface area contributed by atoms with Crippen molar-refractivity contribution in [2.75, 3.05) is 6.61 Å². The van der Waals surface area contributed by atoms with Crippen LogP contribution in [0.5, 0.6) is 0 Å². The predicted molar refractivity (Wildman–Crippen MR) is 54.5 cm³/mol. The summed E-state index contributed by atoms with van der Waals surface area (Å²) in [6.45, 7) is 5.73. The smallest absolute Gasteiger partial charge is 0.348 e. The number of carbonyl (C=O) groups is 1. The molecule has 0 unspecified atom stereocenters. The van der Waals surface area contributed by atoms with Crippen LogP contribution >= 0.6 is 11.3 Å². The zero-order chi connectivity index (χ0) is 10.7. The van der Waals surface area contributed by atoms with Crippen LogP contribution in [0.15, 0.2) is 0 Å². The second-order valence-corrected chi connectivity index (χ2v) is 4.04. The first kappa shape index (κ1) is 10.7. The van der Waals surface area contributed by atoms with Crippen molar-refractivity contribution in [2.24, 2.45) is 0 Å². The molecule has 4 heteroatoms. The van der Waals surface area contributed by atoms with Gasteiger partial charge in [-0.2, -0.15) is 5.26 Å². The van der Waals surface area contributed by atoms with Crippen molar-refractivity contribution in [3.63, 3.8) is 0 Å².